The molecule has 0 bridgehead atoms. The summed E-state index contributed by atoms with van der Waals surface area (Å²) in [6.07, 6.45) is 2.56. The molecule has 130 valence electrons. The van der Waals surface area contributed by atoms with E-state index in [1.165, 1.54) is 0 Å². The second-order valence-electron chi connectivity index (χ2n) is 6.52. The predicted molar refractivity (Wildman–Crippen MR) is 86.3 cm³/mol. The molecule has 0 spiro atoms. The third kappa shape index (κ3) is 4.92. The number of rotatable bonds is 6. The van der Waals surface area contributed by atoms with Gasteiger partial charge < -0.3 is 19.5 Å². The summed E-state index contributed by atoms with van der Waals surface area (Å²) in [5.74, 6) is 2.13. The Balaban J connectivity index is 1.68. The summed E-state index contributed by atoms with van der Waals surface area (Å²) in [6.45, 7) is 8.27. The van der Waals surface area contributed by atoms with Crippen molar-refractivity contribution in [2.75, 3.05) is 26.7 Å². The molecule has 0 aromatic carbocycles. The van der Waals surface area contributed by atoms with Crippen LogP contribution in [0.5, 0.6) is 0 Å². The van der Waals surface area contributed by atoms with Gasteiger partial charge in [0.15, 0.2) is 5.82 Å². The monoisotopic (exact) mass is 324 g/mol. The number of piperidine rings is 1. The lowest BCUT2D eigenvalue weighted by Crippen LogP contribution is -2.50. The van der Waals surface area contributed by atoms with Crippen molar-refractivity contribution in [3.63, 3.8) is 0 Å². The van der Waals surface area contributed by atoms with Gasteiger partial charge in [-0.1, -0.05) is 25.9 Å². The zero-order chi connectivity index (χ0) is 16.8. The van der Waals surface area contributed by atoms with Gasteiger partial charge in [0.1, 0.15) is 0 Å². The fourth-order valence-electron chi connectivity index (χ4n) is 2.68. The quantitative estimate of drug-likeness (QED) is 0.811. The number of aryl methyl sites for hydroxylation is 1. The summed E-state index contributed by atoms with van der Waals surface area (Å²) in [6, 6.07) is -0.0210. The van der Waals surface area contributed by atoms with E-state index in [1.54, 1.807) is 7.11 Å². The fraction of sp³-hybridized carbons (Fsp3) is 0.812. The number of hydrogen-bond acceptors (Lipinski definition) is 5. The Kier molecular flexibility index (Phi) is 6.38. The number of ether oxygens (including phenoxy) is 1. The van der Waals surface area contributed by atoms with Gasteiger partial charge in [0.2, 0.25) is 5.89 Å². The SMILES string of the molecule is CO[C@@H]1CN(C(=O)NCCCc2nc(C(C)C)no2)CC[C@@H]1C. The Bertz CT molecular complexity index is 503. The van der Waals surface area contributed by atoms with Gasteiger partial charge in [-0.3, -0.25) is 0 Å². The van der Waals surface area contributed by atoms with Crippen molar-refractivity contribution in [1.29, 1.82) is 0 Å². The number of nitrogens with zero attached hydrogens (tertiary/aromatic N) is 3. The van der Waals surface area contributed by atoms with Gasteiger partial charge in [-0.2, -0.15) is 4.98 Å². The third-order valence-corrected chi connectivity index (χ3v) is 4.32. The number of urea groups is 1. The van der Waals surface area contributed by atoms with E-state index in [-0.39, 0.29) is 18.1 Å². The molecule has 1 N–H and O–H groups in total. The molecule has 2 rings (SSSR count). The van der Waals surface area contributed by atoms with E-state index < -0.39 is 0 Å². The van der Waals surface area contributed by atoms with Gasteiger partial charge >= 0.3 is 6.03 Å². The van der Waals surface area contributed by atoms with Crippen molar-refractivity contribution >= 4 is 6.03 Å². The van der Waals surface area contributed by atoms with E-state index in [4.69, 9.17) is 9.26 Å². The van der Waals surface area contributed by atoms with Gasteiger partial charge in [0.05, 0.1) is 6.10 Å². The van der Waals surface area contributed by atoms with Crippen LogP contribution in [-0.4, -0.2) is 53.9 Å². The lowest BCUT2D eigenvalue weighted by atomic mass is 9.96. The highest BCUT2D eigenvalue weighted by molar-refractivity contribution is 5.74. The molecule has 7 heteroatoms. The normalized spacial score (nSPS) is 21.7. The summed E-state index contributed by atoms with van der Waals surface area (Å²) >= 11 is 0. The number of methoxy groups -OCH3 is 1. The van der Waals surface area contributed by atoms with Crippen LogP contribution in [0.2, 0.25) is 0 Å². The van der Waals surface area contributed by atoms with E-state index in [0.29, 0.717) is 31.3 Å². The van der Waals surface area contributed by atoms with E-state index in [2.05, 4.69) is 22.4 Å². The molecule has 23 heavy (non-hydrogen) atoms. The average Bonchev–Trinajstić information content (AvgIpc) is 3.01. The molecular weight excluding hydrogens is 296 g/mol. The predicted octanol–water partition coefficient (Wildman–Crippen LogP) is 2.19. The van der Waals surface area contributed by atoms with Crippen LogP contribution < -0.4 is 5.32 Å². The topological polar surface area (TPSA) is 80.5 Å². The lowest BCUT2D eigenvalue weighted by molar-refractivity contribution is 0.00720. The molecule has 1 aromatic rings. The first-order valence-corrected chi connectivity index (χ1v) is 8.39. The van der Waals surface area contributed by atoms with Crippen LogP contribution in [0.15, 0.2) is 4.52 Å². The molecular formula is C16H28N4O3. The van der Waals surface area contributed by atoms with Crippen LogP contribution in [0.1, 0.15) is 51.2 Å². The van der Waals surface area contributed by atoms with Gasteiger partial charge in [0.25, 0.3) is 0 Å². The molecule has 2 heterocycles. The van der Waals surface area contributed by atoms with Crippen LogP contribution in [0.4, 0.5) is 4.79 Å². The first-order valence-electron chi connectivity index (χ1n) is 8.39. The zero-order valence-electron chi connectivity index (χ0n) is 14.5. The molecule has 0 saturated carbocycles. The molecule has 2 atom stereocenters. The minimum atomic E-state index is -0.0210. The molecule has 7 nitrogen and oxygen atoms in total. The Morgan fingerprint density at radius 3 is 2.96 bits per heavy atom. The first-order chi connectivity index (χ1) is 11.0. The van der Waals surface area contributed by atoms with Crippen molar-refractivity contribution in [2.24, 2.45) is 5.92 Å². The van der Waals surface area contributed by atoms with Gasteiger partial charge in [-0.05, 0) is 18.8 Å². The molecule has 1 saturated heterocycles. The Labute approximate surface area is 137 Å². The number of hydrogen-bond donors (Lipinski definition) is 1. The third-order valence-electron chi connectivity index (χ3n) is 4.32. The second-order valence-corrected chi connectivity index (χ2v) is 6.52. The Morgan fingerprint density at radius 2 is 2.30 bits per heavy atom. The van der Waals surface area contributed by atoms with Gasteiger partial charge in [-0.25, -0.2) is 4.79 Å². The van der Waals surface area contributed by atoms with Crippen LogP contribution in [0.3, 0.4) is 0 Å². The number of likely N-dealkylation sites (tertiary alicyclic amines) is 1. The minimum absolute atomic E-state index is 0.0210. The number of amides is 2. The average molecular weight is 324 g/mol. The molecule has 1 aliphatic rings. The molecule has 0 radical (unpaired) electrons. The Morgan fingerprint density at radius 1 is 1.52 bits per heavy atom. The number of carbonyl (C=O) groups excluding carboxylic acids is 1. The highest BCUT2D eigenvalue weighted by Crippen LogP contribution is 2.19. The summed E-state index contributed by atoms with van der Waals surface area (Å²) < 4.78 is 10.6. The molecule has 1 fully saturated rings. The van der Waals surface area contributed by atoms with Crippen LogP contribution in [-0.2, 0) is 11.2 Å². The van der Waals surface area contributed by atoms with E-state index in [0.717, 1.165) is 25.2 Å². The maximum Gasteiger partial charge on any atom is 0.317 e. The van der Waals surface area contributed by atoms with E-state index in [1.807, 2.05) is 18.7 Å². The largest absolute Gasteiger partial charge is 0.379 e. The maximum atomic E-state index is 12.2. The van der Waals surface area contributed by atoms with Crippen molar-refractivity contribution < 1.29 is 14.1 Å². The van der Waals surface area contributed by atoms with E-state index in [9.17, 15) is 4.79 Å². The maximum absolute atomic E-state index is 12.2. The van der Waals surface area contributed by atoms with E-state index >= 15 is 0 Å². The Hall–Kier alpha value is -1.63. The molecule has 0 unspecified atom stereocenters. The standard InChI is InChI=1S/C16H28N4O3/c1-11(2)15-18-14(23-19-15)6-5-8-17-16(21)20-9-7-12(3)13(10-20)22-4/h11-13H,5-10H2,1-4H3,(H,17,21)/t12-,13+/m0/s1. The summed E-state index contributed by atoms with van der Waals surface area (Å²) in [7, 11) is 1.71. The van der Waals surface area contributed by atoms with Crippen LogP contribution >= 0.6 is 0 Å². The number of nitrogens with one attached hydrogen (secondary N) is 1. The molecule has 2 amide bonds. The molecule has 1 aliphatic heterocycles. The summed E-state index contributed by atoms with van der Waals surface area (Å²) in [4.78, 5) is 18.3. The highest BCUT2D eigenvalue weighted by Gasteiger charge is 2.28. The summed E-state index contributed by atoms with van der Waals surface area (Å²) in [5, 5.41) is 6.89. The zero-order valence-corrected chi connectivity index (χ0v) is 14.5. The minimum Gasteiger partial charge on any atom is -0.379 e. The fourth-order valence-corrected chi connectivity index (χ4v) is 2.68. The van der Waals surface area contributed by atoms with Crippen LogP contribution in [0.25, 0.3) is 0 Å². The molecule has 0 aliphatic carbocycles. The van der Waals surface area contributed by atoms with Gasteiger partial charge in [-0.15, -0.1) is 0 Å². The summed E-state index contributed by atoms with van der Waals surface area (Å²) in [5.41, 5.74) is 0. The van der Waals surface area contributed by atoms with Crippen molar-refractivity contribution in [3.05, 3.63) is 11.7 Å². The van der Waals surface area contributed by atoms with Crippen LogP contribution in [0, 0.1) is 5.92 Å². The molecule has 1 aromatic heterocycles. The highest BCUT2D eigenvalue weighted by atomic mass is 16.5. The number of carbonyl (C=O) groups is 1. The first kappa shape index (κ1) is 17.7. The smallest absolute Gasteiger partial charge is 0.317 e. The second kappa shape index (κ2) is 8.29. The van der Waals surface area contributed by atoms with Crippen molar-refractivity contribution in [2.45, 2.75) is 52.1 Å². The number of aromatic nitrogens is 2. The van der Waals surface area contributed by atoms with Crippen molar-refractivity contribution in [1.82, 2.24) is 20.4 Å². The van der Waals surface area contributed by atoms with Crippen molar-refractivity contribution in [3.8, 4) is 0 Å². The van der Waals surface area contributed by atoms with Gasteiger partial charge in [0, 0.05) is 39.1 Å². The lowest BCUT2D eigenvalue weighted by Gasteiger charge is -2.36.